The van der Waals surface area contributed by atoms with Crippen LogP contribution in [0.4, 0.5) is 0 Å². The summed E-state index contributed by atoms with van der Waals surface area (Å²) < 4.78 is 24.2. The maximum atomic E-state index is 14.5. The second-order valence-corrected chi connectivity index (χ2v) is 11.6. The van der Waals surface area contributed by atoms with Gasteiger partial charge < -0.3 is 29.4 Å². The molecule has 4 aromatic rings. The first-order valence-electron chi connectivity index (χ1n) is 14.8. The molecule has 9 heteroatoms. The fraction of sp³-hybridized carbons (Fsp3) is 0.278. The number of benzene rings is 4. The van der Waals surface area contributed by atoms with Crippen molar-refractivity contribution in [2.75, 3.05) is 34.0 Å². The van der Waals surface area contributed by atoms with Crippen molar-refractivity contribution in [1.29, 1.82) is 0 Å². The predicted octanol–water partition coefficient (Wildman–Crippen LogP) is 6.09. The molecule has 0 radical (unpaired) electrons. The lowest BCUT2D eigenvalue weighted by molar-refractivity contribution is -0.128. The average Bonchev–Trinajstić information content (AvgIpc) is 3.46. The van der Waals surface area contributed by atoms with Crippen molar-refractivity contribution in [3.8, 4) is 17.2 Å². The highest BCUT2D eigenvalue weighted by molar-refractivity contribution is 9.10. The van der Waals surface area contributed by atoms with Gasteiger partial charge in [-0.3, -0.25) is 4.79 Å². The van der Waals surface area contributed by atoms with E-state index in [1.54, 1.807) is 14.2 Å². The molecule has 8 nitrogen and oxygen atoms in total. The Labute approximate surface area is 272 Å². The Kier molecular flexibility index (Phi) is 10.8. The Morgan fingerprint density at radius 2 is 1.69 bits per heavy atom. The van der Waals surface area contributed by atoms with Crippen molar-refractivity contribution >= 4 is 27.7 Å². The third-order valence-electron chi connectivity index (χ3n) is 7.69. The van der Waals surface area contributed by atoms with E-state index in [1.165, 1.54) is 0 Å². The lowest BCUT2D eigenvalue weighted by Crippen LogP contribution is -2.50. The van der Waals surface area contributed by atoms with Gasteiger partial charge in [0.2, 0.25) is 5.90 Å². The van der Waals surface area contributed by atoms with Crippen LogP contribution in [0.15, 0.2) is 107 Å². The van der Waals surface area contributed by atoms with Gasteiger partial charge in [-0.05, 0) is 77.7 Å². The highest BCUT2D eigenvalue weighted by atomic mass is 79.9. The summed E-state index contributed by atoms with van der Waals surface area (Å²) in [7, 11) is 3.25. The fourth-order valence-electron chi connectivity index (χ4n) is 5.37. The molecule has 1 aliphatic rings. The van der Waals surface area contributed by atoms with E-state index in [0.29, 0.717) is 44.1 Å². The minimum Gasteiger partial charge on any atom is -0.497 e. The smallest absolute Gasteiger partial charge is 0.252 e. The van der Waals surface area contributed by atoms with Crippen LogP contribution in [0.2, 0.25) is 0 Å². The van der Waals surface area contributed by atoms with E-state index < -0.39 is 11.6 Å². The van der Waals surface area contributed by atoms with Crippen molar-refractivity contribution in [2.24, 2.45) is 4.99 Å². The number of aliphatic hydroxyl groups excluding tert-OH is 1. The number of hydrogen-bond donors (Lipinski definition) is 2. The van der Waals surface area contributed by atoms with Crippen LogP contribution in [0.3, 0.4) is 0 Å². The summed E-state index contributed by atoms with van der Waals surface area (Å²) in [6, 6.07) is 30.7. The molecule has 0 saturated heterocycles. The quantitative estimate of drug-likeness (QED) is 0.158. The molecule has 45 heavy (non-hydrogen) atoms. The van der Waals surface area contributed by atoms with Crippen molar-refractivity contribution in [2.45, 2.75) is 30.9 Å². The Morgan fingerprint density at radius 1 is 0.956 bits per heavy atom. The highest BCUT2D eigenvalue weighted by Crippen LogP contribution is 2.43. The highest BCUT2D eigenvalue weighted by Gasteiger charge is 2.53. The third-order valence-corrected chi connectivity index (χ3v) is 8.22. The molecule has 0 aromatic heterocycles. The van der Waals surface area contributed by atoms with Crippen LogP contribution in [0.5, 0.6) is 17.2 Å². The number of aliphatic imine (C=N–C) groups is 1. The topological polar surface area (TPSA) is 98.6 Å². The summed E-state index contributed by atoms with van der Waals surface area (Å²) in [6.07, 6.45) is 0.724. The number of nitrogens with zero attached hydrogens (tertiary/aromatic N) is 1. The van der Waals surface area contributed by atoms with E-state index in [4.69, 9.17) is 29.0 Å². The van der Waals surface area contributed by atoms with Crippen molar-refractivity contribution in [3.05, 3.63) is 124 Å². The minimum atomic E-state index is -1.29. The summed E-state index contributed by atoms with van der Waals surface area (Å²) in [4.78, 5) is 19.6. The first-order chi connectivity index (χ1) is 22.0. The number of carbonyl (C=O) groups is 1. The van der Waals surface area contributed by atoms with Crippen LogP contribution in [-0.2, 0) is 22.4 Å². The maximum absolute atomic E-state index is 14.5. The van der Waals surface area contributed by atoms with Crippen LogP contribution in [0.1, 0.15) is 34.8 Å². The largest absolute Gasteiger partial charge is 0.497 e. The van der Waals surface area contributed by atoms with Gasteiger partial charge in [-0.1, -0.05) is 58.4 Å². The molecule has 2 N–H and O–H groups in total. The Hall–Kier alpha value is -4.34. The summed E-state index contributed by atoms with van der Waals surface area (Å²) in [5, 5.41) is 12.2. The Morgan fingerprint density at radius 3 is 2.38 bits per heavy atom. The predicted molar refractivity (Wildman–Crippen MR) is 177 cm³/mol. The molecule has 0 fully saturated rings. The third kappa shape index (κ3) is 7.67. The summed E-state index contributed by atoms with van der Waals surface area (Å²) in [5.41, 5.74) is 2.16. The van der Waals surface area contributed by atoms with Crippen LogP contribution < -0.4 is 19.5 Å². The lowest BCUT2D eigenvalue weighted by Gasteiger charge is -2.31. The van der Waals surface area contributed by atoms with Crippen LogP contribution >= 0.6 is 15.9 Å². The zero-order valence-corrected chi connectivity index (χ0v) is 27.0. The number of nitrogens with one attached hydrogen (secondary N) is 1. The molecule has 1 heterocycles. The van der Waals surface area contributed by atoms with Gasteiger partial charge in [0.25, 0.3) is 5.91 Å². The molecule has 1 amide bonds. The van der Waals surface area contributed by atoms with Gasteiger partial charge >= 0.3 is 0 Å². The number of ether oxygens (including phenoxy) is 4. The second-order valence-electron chi connectivity index (χ2n) is 10.7. The van der Waals surface area contributed by atoms with Gasteiger partial charge in [0.15, 0.2) is 11.6 Å². The van der Waals surface area contributed by atoms with Crippen LogP contribution in [0, 0.1) is 0 Å². The van der Waals surface area contributed by atoms with Crippen LogP contribution in [-0.4, -0.2) is 56.4 Å². The number of rotatable bonds is 14. The van der Waals surface area contributed by atoms with Gasteiger partial charge in [0, 0.05) is 36.0 Å². The minimum absolute atomic E-state index is 0.0683. The zero-order chi connectivity index (χ0) is 31.6. The average molecular weight is 674 g/mol. The zero-order valence-electron chi connectivity index (χ0n) is 25.4. The number of halogens is 1. The van der Waals surface area contributed by atoms with E-state index >= 15 is 0 Å². The fourth-order valence-corrected chi connectivity index (χ4v) is 5.63. The molecule has 1 aliphatic heterocycles. The molecular weight excluding hydrogens is 636 g/mol. The number of carbonyl (C=O) groups excluding carboxylic acids is 1. The van der Waals surface area contributed by atoms with E-state index in [2.05, 4.69) is 21.2 Å². The van der Waals surface area contributed by atoms with Gasteiger partial charge in [0.05, 0.1) is 20.8 Å². The van der Waals surface area contributed by atoms with Gasteiger partial charge in [-0.2, -0.15) is 0 Å². The Bertz CT molecular complexity index is 1590. The maximum Gasteiger partial charge on any atom is 0.252 e. The first kappa shape index (κ1) is 32.1. The second kappa shape index (κ2) is 15.1. The normalized spacial score (nSPS) is 17.2. The summed E-state index contributed by atoms with van der Waals surface area (Å²) >= 11 is 3.53. The molecule has 2 atom stereocenters. The first-order valence-corrected chi connectivity index (χ1v) is 15.6. The number of aliphatic hydroxyl groups is 1. The molecule has 0 spiro atoms. The molecule has 0 saturated carbocycles. The lowest BCUT2D eigenvalue weighted by atomic mass is 9.82. The number of methoxy groups -OCH3 is 2. The van der Waals surface area contributed by atoms with E-state index in [-0.39, 0.29) is 12.5 Å². The SMILES string of the molecule is COc1ccc(OC)c(CCNC(=O)[C@]2(Cc3ccccc3)N=C(c3ccc(OCCCO)cc3)O[C@@H]2c2ccc(Br)cc2)c1. The summed E-state index contributed by atoms with van der Waals surface area (Å²) in [6.45, 7) is 0.844. The van der Waals surface area contributed by atoms with Gasteiger partial charge in [0.1, 0.15) is 17.2 Å². The molecule has 5 rings (SSSR count). The molecule has 0 aliphatic carbocycles. The molecule has 0 bridgehead atoms. The van der Waals surface area contributed by atoms with E-state index in [9.17, 15) is 4.79 Å². The van der Waals surface area contributed by atoms with Crippen molar-refractivity contribution in [3.63, 3.8) is 0 Å². The standard InChI is InChI=1S/C36H37BrN2O6/c1-42-31-17-18-32(43-2)28(23-31)19-20-38-35(41)36(24-25-7-4-3-5-8-25)33(26-9-13-29(37)14-10-26)45-34(39-36)27-11-15-30(16-12-27)44-22-6-21-40/h3-5,7-18,23,33,40H,6,19-22,24H2,1-2H3,(H,38,41)/t33-,36-/m1/s1. The van der Waals surface area contributed by atoms with Gasteiger partial charge in [-0.25, -0.2) is 4.99 Å². The number of hydrogen-bond acceptors (Lipinski definition) is 7. The number of amides is 1. The van der Waals surface area contributed by atoms with Crippen molar-refractivity contribution < 1.29 is 28.8 Å². The van der Waals surface area contributed by atoms with Crippen molar-refractivity contribution in [1.82, 2.24) is 5.32 Å². The molecular formula is C36H37BrN2O6. The monoisotopic (exact) mass is 672 g/mol. The Balaban J connectivity index is 1.49. The van der Waals surface area contributed by atoms with E-state index in [1.807, 2.05) is 97.1 Å². The van der Waals surface area contributed by atoms with Crippen LogP contribution in [0.25, 0.3) is 0 Å². The van der Waals surface area contributed by atoms with E-state index in [0.717, 1.165) is 38.2 Å². The van der Waals surface area contributed by atoms with Gasteiger partial charge in [-0.15, -0.1) is 0 Å². The summed E-state index contributed by atoms with van der Waals surface area (Å²) in [5.74, 6) is 2.27. The molecule has 0 unspecified atom stereocenters. The molecule has 234 valence electrons. The molecule has 4 aromatic carbocycles.